The summed E-state index contributed by atoms with van der Waals surface area (Å²) in [7, 11) is 1.66. The normalized spacial score (nSPS) is 16.4. The number of fused-ring (bicyclic) bond motifs is 1. The molecule has 23 heavy (non-hydrogen) atoms. The van der Waals surface area contributed by atoms with Gasteiger partial charge in [0.15, 0.2) is 5.65 Å². The van der Waals surface area contributed by atoms with Gasteiger partial charge in [-0.25, -0.2) is 15.0 Å². The smallest absolute Gasteiger partial charge is 0.233 e. The highest BCUT2D eigenvalue weighted by atomic mass is 16.1. The van der Waals surface area contributed by atoms with Crippen molar-refractivity contribution in [2.24, 2.45) is 0 Å². The van der Waals surface area contributed by atoms with Crippen LogP contribution in [0.3, 0.4) is 0 Å². The van der Waals surface area contributed by atoms with Crippen molar-refractivity contribution in [1.82, 2.24) is 25.2 Å². The van der Waals surface area contributed by atoms with E-state index in [9.17, 15) is 4.79 Å². The Morgan fingerprint density at radius 2 is 2.13 bits per heavy atom. The molecule has 3 rings (SSSR count). The van der Waals surface area contributed by atoms with Gasteiger partial charge in [-0.2, -0.15) is 0 Å². The number of piperidine rings is 1. The summed E-state index contributed by atoms with van der Waals surface area (Å²) in [6.07, 6.45) is 3.42. The van der Waals surface area contributed by atoms with Crippen molar-refractivity contribution in [1.29, 1.82) is 0 Å². The van der Waals surface area contributed by atoms with Crippen LogP contribution in [0.2, 0.25) is 0 Å². The lowest BCUT2D eigenvalue weighted by molar-refractivity contribution is -0.122. The van der Waals surface area contributed by atoms with Crippen molar-refractivity contribution in [2.45, 2.75) is 18.9 Å². The molecule has 122 valence electrons. The second kappa shape index (κ2) is 6.74. The zero-order chi connectivity index (χ0) is 16.2. The first-order valence-electron chi connectivity index (χ1n) is 7.72. The number of amides is 1. The number of hydrogen-bond acceptors (Lipinski definition) is 7. The zero-order valence-corrected chi connectivity index (χ0v) is 13.1. The fourth-order valence-electron chi connectivity index (χ4n) is 2.78. The van der Waals surface area contributed by atoms with Crippen molar-refractivity contribution in [3.63, 3.8) is 0 Å². The van der Waals surface area contributed by atoms with Crippen molar-refractivity contribution in [2.75, 3.05) is 37.7 Å². The molecule has 0 atom stereocenters. The van der Waals surface area contributed by atoms with Crippen LogP contribution in [0.5, 0.6) is 0 Å². The lowest BCUT2D eigenvalue weighted by Crippen LogP contribution is -2.43. The lowest BCUT2D eigenvalue weighted by atomic mass is 10.0. The fourth-order valence-corrected chi connectivity index (χ4v) is 2.78. The molecule has 1 saturated heterocycles. The van der Waals surface area contributed by atoms with Gasteiger partial charge in [0.05, 0.1) is 11.9 Å². The molecule has 3 heterocycles. The van der Waals surface area contributed by atoms with Crippen LogP contribution >= 0.6 is 0 Å². The van der Waals surface area contributed by atoms with Gasteiger partial charge in [-0.3, -0.25) is 9.69 Å². The molecule has 0 aliphatic carbocycles. The predicted molar refractivity (Wildman–Crippen MR) is 88.9 cm³/mol. The average Bonchev–Trinajstić information content (AvgIpc) is 2.56. The van der Waals surface area contributed by atoms with Gasteiger partial charge in [-0.05, 0) is 25.0 Å². The van der Waals surface area contributed by atoms with E-state index < -0.39 is 0 Å². The summed E-state index contributed by atoms with van der Waals surface area (Å²) < 4.78 is 0. The van der Waals surface area contributed by atoms with Gasteiger partial charge in [0.25, 0.3) is 0 Å². The first kappa shape index (κ1) is 15.4. The summed E-state index contributed by atoms with van der Waals surface area (Å²) >= 11 is 0. The summed E-state index contributed by atoms with van der Waals surface area (Å²) in [5.74, 6) is 1.29. The Hall–Kier alpha value is -2.48. The van der Waals surface area contributed by atoms with E-state index in [1.807, 2.05) is 6.07 Å². The lowest BCUT2D eigenvalue weighted by Gasteiger charge is -2.32. The van der Waals surface area contributed by atoms with E-state index in [0.717, 1.165) is 37.1 Å². The number of nitrogen functional groups attached to an aromatic ring is 1. The van der Waals surface area contributed by atoms with Gasteiger partial charge >= 0.3 is 0 Å². The second-order valence-electron chi connectivity index (χ2n) is 5.70. The summed E-state index contributed by atoms with van der Waals surface area (Å²) in [6.45, 7) is 2.24. The largest absolute Gasteiger partial charge is 0.384 e. The maximum absolute atomic E-state index is 11.4. The molecule has 8 heteroatoms. The van der Waals surface area contributed by atoms with E-state index in [-0.39, 0.29) is 5.91 Å². The number of nitrogens with zero attached hydrogens (tertiary/aromatic N) is 4. The van der Waals surface area contributed by atoms with Crippen LogP contribution in [0.1, 0.15) is 12.8 Å². The number of likely N-dealkylation sites (tertiary alicyclic amines) is 1. The molecule has 0 unspecified atom stereocenters. The van der Waals surface area contributed by atoms with Gasteiger partial charge in [-0.1, -0.05) is 0 Å². The highest BCUT2D eigenvalue weighted by molar-refractivity contribution is 5.87. The van der Waals surface area contributed by atoms with E-state index >= 15 is 0 Å². The maximum atomic E-state index is 11.4. The number of carbonyl (C=O) groups is 1. The minimum absolute atomic E-state index is 0.0573. The highest BCUT2D eigenvalue weighted by Crippen LogP contribution is 2.22. The Balaban J connectivity index is 1.64. The average molecular weight is 315 g/mol. The topological polar surface area (TPSA) is 109 Å². The molecule has 0 radical (unpaired) electrons. The molecule has 0 aromatic carbocycles. The van der Waals surface area contributed by atoms with Crippen LogP contribution in [0.25, 0.3) is 11.0 Å². The molecule has 2 aromatic heterocycles. The van der Waals surface area contributed by atoms with Crippen molar-refractivity contribution < 1.29 is 4.79 Å². The Morgan fingerprint density at radius 3 is 2.87 bits per heavy atom. The van der Waals surface area contributed by atoms with Crippen molar-refractivity contribution in [3.8, 4) is 0 Å². The van der Waals surface area contributed by atoms with Crippen molar-refractivity contribution in [3.05, 3.63) is 18.5 Å². The molecule has 2 aromatic rings. The summed E-state index contributed by atoms with van der Waals surface area (Å²) in [5.41, 5.74) is 6.29. The maximum Gasteiger partial charge on any atom is 0.233 e. The third kappa shape index (κ3) is 3.65. The van der Waals surface area contributed by atoms with E-state index in [0.29, 0.717) is 24.1 Å². The molecule has 0 bridgehead atoms. The minimum Gasteiger partial charge on any atom is -0.384 e. The summed E-state index contributed by atoms with van der Waals surface area (Å²) in [6, 6.07) is 3.97. The molecule has 0 spiro atoms. The number of aromatic nitrogens is 3. The van der Waals surface area contributed by atoms with E-state index in [1.165, 1.54) is 6.33 Å². The summed E-state index contributed by atoms with van der Waals surface area (Å²) in [4.78, 5) is 26.3. The van der Waals surface area contributed by atoms with Gasteiger partial charge in [0, 0.05) is 26.2 Å². The third-order valence-corrected chi connectivity index (χ3v) is 4.09. The fraction of sp³-hybridized carbons (Fsp3) is 0.467. The van der Waals surface area contributed by atoms with Crippen LogP contribution < -0.4 is 16.4 Å². The number of hydrogen-bond donors (Lipinski definition) is 3. The minimum atomic E-state index is 0.0573. The monoisotopic (exact) mass is 315 g/mol. The molecular weight excluding hydrogens is 294 g/mol. The number of likely N-dealkylation sites (N-methyl/N-ethyl adjacent to an activating group) is 1. The van der Waals surface area contributed by atoms with E-state index in [1.54, 1.807) is 13.1 Å². The number of pyridine rings is 1. The van der Waals surface area contributed by atoms with E-state index in [4.69, 9.17) is 5.73 Å². The Kier molecular flexibility index (Phi) is 4.52. The Morgan fingerprint density at radius 1 is 1.35 bits per heavy atom. The predicted octanol–water partition coefficient (Wildman–Crippen LogP) is 0.229. The SMILES string of the molecule is CNC(=O)CN1CCC(Nc2ncnc3nc(N)ccc23)CC1. The van der Waals surface area contributed by atoms with Crippen LogP contribution in [0.4, 0.5) is 11.6 Å². The Labute approximate surface area is 134 Å². The molecule has 1 aliphatic heterocycles. The number of rotatable bonds is 4. The molecule has 1 fully saturated rings. The highest BCUT2D eigenvalue weighted by Gasteiger charge is 2.21. The van der Waals surface area contributed by atoms with Gasteiger partial charge in [0.1, 0.15) is 18.0 Å². The first-order valence-corrected chi connectivity index (χ1v) is 7.72. The van der Waals surface area contributed by atoms with E-state index in [2.05, 4.69) is 30.5 Å². The van der Waals surface area contributed by atoms with Crippen LogP contribution in [0, 0.1) is 0 Å². The Bertz CT molecular complexity index is 697. The van der Waals surface area contributed by atoms with Crippen LogP contribution in [0.15, 0.2) is 18.5 Å². The zero-order valence-electron chi connectivity index (χ0n) is 13.1. The molecule has 8 nitrogen and oxygen atoms in total. The summed E-state index contributed by atoms with van der Waals surface area (Å²) in [5, 5.41) is 7.00. The van der Waals surface area contributed by atoms with Crippen LogP contribution in [-0.2, 0) is 4.79 Å². The van der Waals surface area contributed by atoms with Gasteiger partial charge in [0.2, 0.25) is 5.91 Å². The first-order chi connectivity index (χ1) is 11.2. The molecule has 1 aliphatic rings. The van der Waals surface area contributed by atoms with Crippen molar-refractivity contribution >= 4 is 28.6 Å². The quantitative estimate of drug-likeness (QED) is 0.741. The third-order valence-electron chi connectivity index (χ3n) is 4.09. The molecule has 1 amide bonds. The number of nitrogens with two attached hydrogens (primary N) is 1. The molecular formula is C15H21N7O. The van der Waals surface area contributed by atoms with Crippen LogP contribution in [-0.4, -0.2) is 58.5 Å². The molecule has 4 N–H and O–H groups in total. The number of anilines is 2. The standard InChI is InChI=1S/C15H21N7O/c1-17-13(23)8-22-6-4-10(5-7-22)20-14-11-2-3-12(16)21-15(11)19-9-18-14/h2-3,9-10H,4-8H2,1H3,(H,17,23)(H3,16,18,19,20,21). The van der Waals surface area contributed by atoms with Gasteiger partial charge < -0.3 is 16.4 Å². The molecule has 0 saturated carbocycles. The number of nitrogens with one attached hydrogen (secondary N) is 2. The second-order valence-corrected chi connectivity index (χ2v) is 5.70. The number of carbonyl (C=O) groups excluding carboxylic acids is 1. The van der Waals surface area contributed by atoms with Gasteiger partial charge in [-0.15, -0.1) is 0 Å².